The van der Waals surface area contributed by atoms with E-state index in [0.29, 0.717) is 0 Å². The minimum absolute atomic E-state index is 1.09. The predicted molar refractivity (Wildman–Crippen MR) is 430 cm³/mol. The third-order valence-electron chi connectivity index (χ3n) is 20.0. The van der Waals surface area contributed by atoms with Gasteiger partial charge >= 0.3 is 0 Å². The maximum absolute atomic E-state index is 2.40. The lowest BCUT2D eigenvalue weighted by atomic mass is 9.97. The number of rotatable bonds is 13. The molecule has 0 saturated carbocycles. The van der Waals surface area contributed by atoms with Gasteiger partial charge < -0.3 is 19.6 Å². The molecule has 18 aromatic rings. The van der Waals surface area contributed by atoms with Crippen LogP contribution in [0.4, 0.5) is 68.2 Å². The predicted octanol–water partition coefficient (Wildman–Crippen LogP) is 28.1. The largest absolute Gasteiger partial charge is 0.310 e. The summed E-state index contributed by atoms with van der Waals surface area (Å²) in [6.07, 6.45) is 0. The first kappa shape index (κ1) is 59.7. The monoisotopic (exact) mass is 1300 g/mol. The first-order valence-electron chi connectivity index (χ1n) is 34.0. The van der Waals surface area contributed by atoms with Crippen molar-refractivity contribution < 1.29 is 0 Å². The van der Waals surface area contributed by atoms with Gasteiger partial charge in [0, 0.05) is 109 Å². The third-order valence-corrected chi connectivity index (χ3v) is 22.2. The molecule has 4 nitrogen and oxygen atoms in total. The fourth-order valence-corrected chi connectivity index (χ4v) is 17.4. The van der Waals surface area contributed by atoms with Crippen LogP contribution < -0.4 is 19.6 Å². The summed E-state index contributed by atoms with van der Waals surface area (Å²) in [6, 6.07) is 119. The normalized spacial score (nSPS) is 11.7. The maximum atomic E-state index is 2.40. The molecule has 0 unspecified atom stereocenters. The Morgan fingerprint density at radius 1 is 0.212 bits per heavy atom. The number of thiophene rings is 2. The van der Waals surface area contributed by atoms with E-state index < -0.39 is 0 Å². The topological polar surface area (TPSA) is 13.0 Å². The third kappa shape index (κ3) is 10.6. The van der Waals surface area contributed by atoms with Crippen molar-refractivity contribution in [2.24, 2.45) is 0 Å². The number of hydrogen-bond acceptors (Lipinski definition) is 6. The number of anilines is 12. The quantitative estimate of drug-likeness (QED) is 0.114. The van der Waals surface area contributed by atoms with E-state index in [1.807, 2.05) is 22.7 Å². The second kappa shape index (κ2) is 24.4. The van der Waals surface area contributed by atoms with Crippen LogP contribution in [0.3, 0.4) is 0 Å². The van der Waals surface area contributed by atoms with Gasteiger partial charge in [-0.3, -0.25) is 0 Å². The van der Waals surface area contributed by atoms with Crippen molar-refractivity contribution >= 4 is 174 Å². The zero-order chi connectivity index (χ0) is 66.4. The zero-order valence-electron chi connectivity index (χ0n) is 55.7. The lowest BCUT2D eigenvalue weighted by Crippen LogP contribution is -2.11. The van der Waals surface area contributed by atoms with E-state index in [9.17, 15) is 0 Å². The van der Waals surface area contributed by atoms with Gasteiger partial charge in [0.1, 0.15) is 0 Å². The number of para-hydroxylation sites is 3. The molecule has 6 heteroatoms. The van der Waals surface area contributed by atoms with Crippen molar-refractivity contribution in [1.82, 2.24) is 0 Å². The molecule has 0 amide bonds. The van der Waals surface area contributed by atoms with Crippen LogP contribution in [0.25, 0.3) is 94.6 Å². The molecule has 0 N–H and O–H groups in total. The van der Waals surface area contributed by atoms with Gasteiger partial charge in [-0.1, -0.05) is 169 Å². The Balaban J connectivity index is 0.671. The van der Waals surface area contributed by atoms with Crippen molar-refractivity contribution in [2.75, 3.05) is 19.6 Å². The summed E-state index contributed by atoms with van der Waals surface area (Å²) < 4.78 is 5.18. The Bertz CT molecular complexity index is 6170. The first-order valence-corrected chi connectivity index (χ1v) is 35.6. The van der Waals surface area contributed by atoms with Crippen molar-refractivity contribution in [3.05, 3.63) is 349 Å². The van der Waals surface area contributed by atoms with Gasteiger partial charge in [0.05, 0.1) is 0 Å². The fraction of sp³-hybridized carbons (Fsp3) is 0.0538. The maximum Gasteiger partial charge on any atom is 0.0490 e. The molecule has 2 aromatic heterocycles. The lowest BCUT2D eigenvalue weighted by molar-refractivity contribution is 1.25. The molecule has 0 atom stereocenters. The molecule has 0 bridgehead atoms. The Morgan fingerprint density at radius 2 is 0.545 bits per heavy atom. The highest BCUT2D eigenvalue weighted by Gasteiger charge is 2.23. The summed E-state index contributed by atoms with van der Waals surface area (Å²) in [5, 5.41) is 15.1. The Morgan fingerprint density at radius 3 is 0.970 bits per heavy atom. The van der Waals surface area contributed by atoms with Crippen molar-refractivity contribution in [3.63, 3.8) is 0 Å². The molecule has 0 aliphatic carbocycles. The molecule has 18 rings (SSSR count). The van der Waals surface area contributed by atoms with Gasteiger partial charge in [-0.2, -0.15) is 0 Å². The Kier molecular flexibility index (Phi) is 14.7. The van der Waals surface area contributed by atoms with E-state index in [1.54, 1.807) is 0 Å². The van der Waals surface area contributed by atoms with E-state index in [0.717, 1.165) is 62.6 Å². The van der Waals surface area contributed by atoms with E-state index in [1.165, 1.54) is 128 Å². The Hall–Kier alpha value is -11.8. The van der Waals surface area contributed by atoms with Crippen LogP contribution in [0.5, 0.6) is 0 Å². The van der Waals surface area contributed by atoms with E-state index in [4.69, 9.17) is 0 Å². The summed E-state index contributed by atoms with van der Waals surface area (Å²) in [4.78, 5) is 9.56. The second-order valence-electron chi connectivity index (χ2n) is 26.4. The minimum Gasteiger partial charge on any atom is -0.310 e. The molecule has 0 radical (unpaired) electrons. The van der Waals surface area contributed by atoms with Crippen LogP contribution in [0.1, 0.15) is 27.8 Å². The zero-order valence-corrected chi connectivity index (χ0v) is 57.3. The van der Waals surface area contributed by atoms with E-state index in [2.05, 4.69) is 376 Å². The van der Waals surface area contributed by atoms with Crippen molar-refractivity contribution in [3.8, 4) is 11.1 Å². The molecule has 0 saturated heterocycles. The molecule has 99 heavy (non-hydrogen) atoms. The summed E-state index contributed by atoms with van der Waals surface area (Å²) in [5.41, 5.74) is 22.0. The van der Waals surface area contributed by atoms with Crippen molar-refractivity contribution in [2.45, 2.75) is 34.6 Å². The molecular formula is C93H68N4S2. The van der Waals surface area contributed by atoms with Crippen LogP contribution >= 0.6 is 22.7 Å². The van der Waals surface area contributed by atoms with Crippen molar-refractivity contribution in [1.29, 1.82) is 0 Å². The summed E-state index contributed by atoms with van der Waals surface area (Å²) >= 11 is 3.76. The fourth-order valence-electron chi connectivity index (χ4n) is 15.1. The Labute approximate surface area is 585 Å². The average Bonchev–Trinajstić information content (AvgIpc) is 1.64. The van der Waals surface area contributed by atoms with Gasteiger partial charge in [0.2, 0.25) is 0 Å². The molecule has 2 heterocycles. The molecule has 0 aliphatic heterocycles. The smallest absolute Gasteiger partial charge is 0.0490 e. The van der Waals surface area contributed by atoms with Gasteiger partial charge in [0.15, 0.2) is 0 Å². The summed E-state index contributed by atoms with van der Waals surface area (Å²) in [7, 11) is 0. The van der Waals surface area contributed by atoms with Crippen LogP contribution in [-0.4, -0.2) is 0 Å². The average molecular weight is 1310 g/mol. The molecule has 0 aliphatic rings. The van der Waals surface area contributed by atoms with Crippen LogP contribution in [0, 0.1) is 34.6 Å². The summed E-state index contributed by atoms with van der Waals surface area (Å²) in [5.74, 6) is 0. The second-order valence-corrected chi connectivity index (χ2v) is 28.6. The van der Waals surface area contributed by atoms with Gasteiger partial charge in [-0.25, -0.2) is 0 Å². The lowest BCUT2D eigenvalue weighted by Gasteiger charge is -2.27. The first-order chi connectivity index (χ1) is 48.6. The van der Waals surface area contributed by atoms with E-state index >= 15 is 0 Å². The highest BCUT2D eigenvalue weighted by Crippen LogP contribution is 2.49. The SMILES string of the molecule is Cc1ccc(N(c2ccc(-c3ccc(N(c4ccccc4)c4ccc5c(ccc6sc7ccc8cc(N(c9ccccc9)c9cccc(C)c9)ccc8c7c65)c4)cc3C)cc2)c2ccc3c(ccc4sc5ccc6cc(N(c7ccc(C)cc7)c7ccccc7C)ccc6c5c43)c2)cc1. The minimum atomic E-state index is 1.09. The standard InChI is InChI=1S/C93H68N4S2/c1-59-23-33-71(34-24-59)94(76-40-45-81-65(55-76)29-49-86-90(81)93-84-48-43-79(58-68(84)32-52-89(93)99-86)97(73-35-25-60(2)26-36-73)85-22-13-12-16-62(85)4)72-37-27-64(28-38-72)80-44-39-75(54-63(80)5)96(70-19-10-7-11-20-70)78-42-47-83-67(57-78)31-51-88-92(83)91-82-46-41-77(56-66(82)30-50-87(91)98-88)95(69-17-8-6-9-18-69)74-21-14-15-61(3)53-74/h6-58H,1-5H3. The molecule has 472 valence electrons. The van der Waals surface area contributed by atoms with Gasteiger partial charge in [-0.15, -0.1) is 22.7 Å². The van der Waals surface area contributed by atoms with Crippen LogP contribution in [-0.2, 0) is 0 Å². The molecule has 0 fully saturated rings. The number of benzene rings is 16. The van der Waals surface area contributed by atoms with Crippen LogP contribution in [0.15, 0.2) is 322 Å². The summed E-state index contributed by atoms with van der Waals surface area (Å²) in [6.45, 7) is 10.9. The molecule has 16 aromatic carbocycles. The van der Waals surface area contributed by atoms with Gasteiger partial charge in [0.25, 0.3) is 0 Å². The van der Waals surface area contributed by atoms with Gasteiger partial charge in [-0.05, 0) is 269 Å². The molecule has 0 spiro atoms. The highest BCUT2D eigenvalue weighted by molar-refractivity contribution is 7.26. The number of hydrogen-bond donors (Lipinski definition) is 0. The van der Waals surface area contributed by atoms with Crippen LogP contribution in [0.2, 0.25) is 0 Å². The number of aryl methyl sites for hydroxylation is 5. The van der Waals surface area contributed by atoms with E-state index in [-0.39, 0.29) is 0 Å². The number of nitrogens with zero attached hydrogens (tertiary/aromatic N) is 4. The number of fused-ring (bicyclic) bond motifs is 14. The molecular weight excluding hydrogens is 1240 g/mol. The highest BCUT2D eigenvalue weighted by atomic mass is 32.1.